The summed E-state index contributed by atoms with van der Waals surface area (Å²) in [5.41, 5.74) is 0.825. The van der Waals surface area contributed by atoms with Crippen LogP contribution in [0.5, 0.6) is 0 Å². The molecule has 0 spiro atoms. The Balaban J connectivity index is 1.94. The van der Waals surface area contributed by atoms with Gasteiger partial charge in [-0.05, 0) is 19.2 Å². The Kier molecular flexibility index (Phi) is 3.66. The number of pyridine rings is 1. The number of rotatable bonds is 4. The number of aliphatic hydroxyl groups excluding tert-OH is 1. The molecule has 0 aliphatic carbocycles. The smallest absolute Gasteiger partial charge is 0.138 e. The summed E-state index contributed by atoms with van der Waals surface area (Å²) < 4.78 is 1.84. The molecular weight excluding hydrogens is 264 g/mol. The largest absolute Gasteiger partial charge is 0.388 e. The van der Waals surface area contributed by atoms with Crippen LogP contribution < -0.4 is 0 Å². The molecule has 1 aromatic carbocycles. The molecule has 0 aliphatic rings. The molecule has 0 bridgehead atoms. The van der Waals surface area contributed by atoms with Gasteiger partial charge in [-0.25, -0.2) is 9.67 Å². The molecule has 1 N–H and O–H groups in total. The van der Waals surface area contributed by atoms with Gasteiger partial charge in [0.2, 0.25) is 0 Å². The first-order valence-electron chi connectivity index (χ1n) is 7.06. The second kappa shape index (κ2) is 5.61. The molecule has 3 rings (SSSR count). The maximum atomic E-state index is 10.6. The average Bonchev–Trinajstić information content (AvgIpc) is 2.95. The van der Waals surface area contributed by atoms with E-state index in [0.29, 0.717) is 6.42 Å². The summed E-state index contributed by atoms with van der Waals surface area (Å²) in [7, 11) is 0. The predicted octanol–water partition coefficient (Wildman–Crippen LogP) is 2.68. The van der Waals surface area contributed by atoms with Crippen LogP contribution in [0, 0.1) is 0 Å². The lowest BCUT2D eigenvalue weighted by molar-refractivity contribution is 0.174. The number of benzene rings is 1. The summed E-state index contributed by atoms with van der Waals surface area (Å²) >= 11 is 0. The molecule has 0 radical (unpaired) electrons. The Labute approximate surface area is 123 Å². The molecule has 1 atom stereocenters. The number of hydrogen-bond acceptors (Lipinski definition) is 4. The van der Waals surface area contributed by atoms with Crippen LogP contribution in [-0.4, -0.2) is 24.9 Å². The van der Waals surface area contributed by atoms with E-state index < -0.39 is 6.10 Å². The van der Waals surface area contributed by atoms with Crippen molar-refractivity contribution < 1.29 is 5.11 Å². The molecule has 0 aliphatic heterocycles. The zero-order chi connectivity index (χ0) is 14.8. The first-order valence-corrected chi connectivity index (χ1v) is 7.06. The Morgan fingerprint density at radius 1 is 1.19 bits per heavy atom. The second-order valence-electron chi connectivity index (χ2n) is 5.38. The Morgan fingerprint density at radius 2 is 2.00 bits per heavy atom. The van der Waals surface area contributed by atoms with Crippen molar-refractivity contribution in [3.8, 4) is 0 Å². The maximum absolute atomic E-state index is 10.6. The fourth-order valence-corrected chi connectivity index (χ4v) is 2.54. The van der Waals surface area contributed by atoms with Crippen molar-refractivity contribution in [3.63, 3.8) is 0 Å². The molecule has 1 unspecified atom stereocenters. The van der Waals surface area contributed by atoms with E-state index in [2.05, 4.69) is 15.1 Å². The minimum atomic E-state index is -0.648. The molecule has 2 aromatic heterocycles. The number of aliphatic hydroxyl groups is 1. The third kappa shape index (κ3) is 2.64. The lowest BCUT2D eigenvalue weighted by Gasteiger charge is -2.15. The lowest BCUT2D eigenvalue weighted by Crippen LogP contribution is -2.12. The van der Waals surface area contributed by atoms with Gasteiger partial charge in [-0.3, -0.25) is 4.98 Å². The van der Waals surface area contributed by atoms with Gasteiger partial charge in [-0.1, -0.05) is 24.3 Å². The monoisotopic (exact) mass is 282 g/mol. The lowest BCUT2D eigenvalue weighted by atomic mass is 10.0. The van der Waals surface area contributed by atoms with Crippen LogP contribution in [0.3, 0.4) is 0 Å². The third-order valence-electron chi connectivity index (χ3n) is 3.57. The number of aromatic nitrogens is 4. The highest BCUT2D eigenvalue weighted by Crippen LogP contribution is 2.25. The first-order chi connectivity index (χ1) is 10.2. The summed E-state index contributed by atoms with van der Waals surface area (Å²) in [5.74, 6) is 0.783. The zero-order valence-corrected chi connectivity index (χ0v) is 12.1. The molecule has 0 saturated heterocycles. The van der Waals surface area contributed by atoms with Crippen molar-refractivity contribution >= 4 is 10.8 Å². The van der Waals surface area contributed by atoms with Gasteiger partial charge in [0, 0.05) is 35.8 Å². The fraction of sp³-hybridized carbons (Fsp3) is 0.312. The van der Waals surface area contributed by atoms with Crippen molar-refractivity contribution in [1.29, 1.82) is 0 Å². The van der Waals surface area contributed by atoms with Crippen LogP contribution in [0.2, 0.25) is 0 Å². The van der Waals surface area contributed by atoms with Crippen LogP contribution in [-0.2, 0) is 6.42 Å². The van der Waals surface area contributed by atoms with Gasteiger partial charge >= 0.3 is 0 Å². The summed E-state index contributed by atoms with van der Waals surface area (Å²) in [4.78, 5) is 8.47. The topological polar surface area (TPSA) is 63.8 Å². The molecule has 21 heavy (non-hydrogen) atoms. The highest BCUT2D eigenvalue weighted by molar-refractivity contribution is 5.84. The van der Waals surface area contributed by atoms with Crippen molar-refractivity contribution in [3.05, 3.63) is 54.4 Å². The van der Waals surface area contributed by atoms with Gasteiger partial charge in [0.15, 0.2) is 0 Å². The van der Waals surface area contributed by atoms with E-state index in [4.69, 9.17) is 0 Å². The first kappa shape index (κ1) is 13.7. The summed E-state index contributed by atoms with van der Waals surface area (Å²) in [5, 5.41) is 16.8. The maximum Gasteiger partial charge on any atom is 0.138 e. The van der Waals surface area contributed by atoms with Gasteiger partial charge in [0.25, 0.3) is 0 Å². The van der Waals surface area contributed by atoms with Gasteiger partial charge in [0.05, 0.1) is 6.10 Å². The van der Waals surface area contributed by atoms with E-state index in [1.165, 1.54) is 6.33 Å². The molecule has 0 saturated carbocycles. The molecule has 5 nitrogen and oxygen atoms in total. The van der Waals surface area contributed by atoms with Crippen LogP contribution >= 0.6 is 0 Å². The molecule has 5 heteroatoms. The minimum absolute atomic E-state index is 0.223. The van der Waals surface area contributed by atoms with E-state index >= 15 is 0 Å². The van der Waals surface area contributed by atoms with E-state index in [1.807, 2.05) is 49.0 Å². The van der Waals surface area contributed by atoms with Crippen molar-refractivity contribution in [2.24, 2.45) is 0 Å². The minimum Gasteiger partial charge on any atom is -0.388 e. The van der Waals surface area contributed by atoms with Crippen LogP contribution in [0.15, 0.2) is 43.0 Å². The fourth-order valence-electron chi connectivity index (χ4n) is 2.54. The van der Waals surface area contributed by atoms with Gasteiger partial charge in [0.1, 0.15) is 12.2 Å². The van der Waals surface area contributed by atoms with E-state index in [9.17, 15) is 5.11 Å². The SMILES string of the molecule is CC(C)n1ncnc1CC(O)c1cncc2ccccc12. The van der Waals surface area contributed by atoms with E-state index in [1.54, 1.807) is 6.20 Å². The van der Waals surface area contributed by atoms with Crippen molar-refractivity contribution in [2.45, 2.75) is 32.4 Å². The van der Waals surface area contributed by atoms with Gasteiger partial charge in [-0.2, -0.15) is 5.10 Å². The third-order valence-corrected chi connectivity index (χ3v) is 3.57. The van der Waals surface area contributed by atoms with Crippen molar-refractivity contribution in [2.75, 3.05) is 0 Å². The van der Waals surface area contributed by atoms with E-state index in [0.717, 1.165) is 22.2 Å². The second-order valence-corrected chi connectivity index (χ2v) is 5.38. The normalized spacial score (nSPS) is 13.0. The summed E-state index contributed by atoms with van der Waals surface area (Å²) in [6, 6.07) is 8.16. The highest BCUT2D eigenvalue weighted by atomic mass is 16.3. The molecule has 108 valence electrons. The number of nitrogens with zero attached hydrogens (tertiary/aromatic N) is 4. The Hall–Kier alpha value is -2.27. The quantitative estimate of drug-likeness (QED) is 0.799. The summed E-state index contributed by atoms with van der Waals surface area (Å²) in [6.45, 7) is 4.09. The standard InChI is InChI=1S/C16H18N4O/c1-11(2)20-16(18-10-19-20)7-15(21)14-9-17-8-12-5-3-4-6-13(12)14/h3-6,8-11,15,21H,7H2,1-2H3. The van der Waals surface area contributed by atoms with Gasteiger partial charge < -0.3 is 5.11 Å². The molecule has 2 heterocycles. The molecule has 0 fully saturated rings. The van der Waals surface area contributed by atoms with Gasteiger partial charge in [-0.15, -0.1) is 0 Å². The van der Waals surface area contributed by atoms with Crippen LogP contribution in [0.25, 0.3) is 10.8 Å². The average molecular weight is 282 g/mol. The summed E-state index contributed by atoms with van der Waals surface area (Å²) in [6.07, 6.45) is 4.84. The molecule has 3 aromatic rings. The molecule has 0 amide bonds. The Bertz CT molecular complexity index is 745. The zero-order valence-electron chi connectivity index (χ0n) is 12.1. The predicted molar refractivity (Wildman–Crippen MR) is 80.8 cm³/mol. The van der Waals surface area contributed by atoms with Crippen molar-refractivity contribution in [1.82, 2.24) is 19.7 Å². The van der Waals surface area contributed by atoms with Crippen LogP contribution in [0.4, 0.5) is 0 Å². The number of fused-ring (bicyclic) bond motifs is 1. The van der Waals surface area contributed by atoms with E-state index in [-0.39, 0.29) is 6.04 Å². The number of hydrogen-bond donors (Lipinski definition) is 1. The highest BCUT2D eigenvalue weighted by Gasteiger charge is 2.16. The van der Waals surface area contributed by atoms with Crippen LogP contribution in [0.1, 0.15) is 37.4 Å². The Morgan fingerprint density at radius 3 is 2.81 bits per heavy atom. The molecular formula is C16H18N4O.